The molecule has 1 N–H and O–H groups in total. The van der Waals surface area contributed by atoms with Crippen LogP contribution in [-0.2, 0) is 11.2 Å². The molecule has 0 saturated carbocycles. The van der Waals surface area contributed by atoms with Crippen LogP contribution < -0.4 is 14.8 Å². The van der Waals surface area contributed by atoms with Gasteiger partial charge in [0.1, 0.15) is 0 Å². The highest BCUT2D eigenvalue weighted by Crippen LogP contribution is 2.37. The highest BCUT2D eigenvalue weighted by molar-refractivity contribution is 7.07. The second-order valence-electron chi connectivity index (χ2n) is 5.01. The lowest BCUT2D eigenvalue weighted by molar-refractivity contribution is -0.116. The molecule has 2 aromatic rings. The van der Waals surface area contributed by atoms with E-state index in [0.29, 0.717) is 41.8 Å². The third kappa shape index (κ3) is 3.72. The zero-order valence-electron chi connectivity index (χ0n) is 11.9. The molecule has 0 fully saturated rings. The van der Waals surface area contributed by atoms with E-state index in [4.69, 9.17) is 21.1 Å². The summed E-state index contributed by atoms with van der Waals surface area (Å²) in [6, 6.07) is 5.45. The first-order valence-corrected chi connectivity index (χ1v) is 8.44. The van der Waals surface area contributed by atoms with Crippen molar-refractivity contribution in [3.8, 4) is 11.5 Å². The lowest BCUT2D eigenvalue weighted by atomic mass is 10.2. The van der Waals surface area contributed by atoms with E-state index in [1.807, 2.05) is 16.8 Å². The Bertz CT molecular complexity index is 658. The van der Waals surface area contributed by atoms with Crippen LogP contribution in [0.5, 0.6) is 11.5 Å². The molecule has 0 atom stereocenters. The molecule has 1 aromatic carbocycles. The van der Waals surface area contributed by atoms with Crippen LogP contribution in [0.2, 0.25) is 5.02 Å². The minimum Gasteiger partial charge on any atom is -0.490 e. The lowest BCUT2D eigenvalue weighted by Gasteiger charge is -2.12. The predicted octanol–water partition coefficient (Wildman–Crippen LogP) is 4.13. The van der Waals surface area contributed by atoms with E-state index in [1.54, 1.807) is 23.5 Å². The summed E-state index contributed by atoms with van der Waals surface area (Å²) < 4.78 is 11.2. The molecule has 116 valence electrons. The fraction of sp³-hybridized carbons (Fsp3) is 0.312. The SMILES string of the molecule is O=C(CCc1ccsc1)Nc1cc2c(cc1Cl)OCCCO2. The van der Waals surface area contributed by atoms with E-state index in [2.05, 4.69) is 5.32 Å². The molecule has 1 aliphatic rings. The zero-order chi connectivity index (χ0) is 15.4. The summed E-state index contributed by atoms with van der Waals surface area (Å²) in [4.78, 5) is 12.1. The highest BCUT2D eigenvalue weighted by Gasteiger charge is 2.15. The minimum atomic E-state index is -0.0670. The van der Waals surface area contributed by atoms with E-state index in [0.717, 1.165) is 12.8 Å². The maximum atomic E-state index is 12.1. The van der Waals surface area contributed by atoms with E-state index in [1.165, 1.54) is 5.56 Å². The fourth-order valence-electron chi connectivity index (χ4n) is 2.19. The van der Waals surface area contributed by atoms with Gasteiger partial charge in [-0.2, -0.15) is 11.3 Å². The molecule has 2 heterocycles. The number of benzene rings is 1. The van der Waals surface area contributed by atoms with Crippen LogP contribution in [0.3, 0.4) is 0 Å². The van der Waals surface area contributed by atoms with Gasteiger partial charge in [0.15, 0.2) is 11.5 Å². The number of hydrogen-bond donors (Lipinski definition) is 1. The summed E-state index contributed by atoms with van der Waals surface area (Å²) >= 11 is 7.84. The fourth-order valence-corrected chi connectivity index (χ4v) is 3.09. The molecule has 4 nitrogen and oxygen atoms in total. The molecule has 0 unspecified atom stereocenters. The molecule has 0 radical (unpaired) electrons. The quantitative estimate of drug-likeness (QED) is 0.912. The van der Waals surface area contributed by atoms with E-state index < -0.39 is 0 Å². The van der Waals surface area contributed by atoms with Gasteiger partial charge < -0.3 is 14.8 Å². The van der Waals surface area contributed by atoms with Crippen LogP contribution in [0.25, 0.3) is 0 Å². The molecule has 1 aliphatic heterocycles. The number of carbonyl (C=O) groups is 1. The Morgan fingerprint density at radius 3 is 2.77 bits per heavy atom. The first-order chi connectivity index (χ1) is 10.7. The zero-order valence-corrected chi connectivity index (χ0v) is 13.5. The number of carbonyl (C=O) groups excluding carboxylic acids is 1. The number of rotatable bonds is 4. The van der Waals surface area contributed by atoms with E-state index >= 15 is 0 Å². The second-order valence-corrected chi connectivity index (χ2v) is 6.20. The van der Waals surface area contributed by atoms with Gasteiger partial charge in [-0.3, -0.25) is 4.79 Å². The third-order valence-electron chi connectivity index (χ3n) is 3.33. The molecule has 6 heteroatoms. The number of anilines is 1. The molecule has 0 bridgehead atoms. The first kappa shape index (κ1) is 15.2. The summed E-state index contributed by atoms with van der Waals surface area (Å²) in [6.07, 6.45) is 1.97. The summed E-state index contributed by atoms with van der Waals surface area (Å²) in [5, 5.41) is 7.35. The number of ether oxygens (including phenoxy) is 2. The Hall–Kier alpha value is -1.72. The van der Waals surface area contributed by atoms with Crippen LogP contribution in [0, 0.1) is 0 Å². The van der Waals surface area contributed by atoms with Gasteiger partial charge in [0, 0.05) is 25.0 Å². The van der Waals surface area contributed by atoms with Crippen molar-refractivity contribution in [3.05, 3.63) is 39.5 Å². The molecule has 1 amide bonds. The average molecular weight is 338 g/mol. The number of thiophene rings is 1. The minimum absolute atomic E-state index is 0.0670. The molecule has 0 saturated heterocycles. The van der Waals surface area contributed by atoms with Crippen molar-refractivity contribution >= 4 is 34.5 Å². The van der Waals surface area contributed by atoms with Crippen molar-refractivity contribution in [2.24, 2.45) is 0 Å². The van der Waals surface area contributed by atoms with Gasteiger partial charge in [-0.15, -0.1) is 0 Å². The van der Waals surface area contributed by atoms with Crippen molar-refractivity contribution in [2.75, 3.05) is 18.5 Å². The monoisotopic (exact) mass is 337 g/mol. The van der Waals surface area contributed by atoms with Crippen LogP contribution in [0.4, 0.5) is 5.69 Å². The normalized spacial score (nSPS) is 13.5. The van der Waals surface area contributed by atoms with Gasteiger partial charge in [0.05, 0.1) is 23.9 Å². The summed E-state index contributed by atoms with van der Waals surface area (Å²) in [5.41, 5.74) is 1.73. The Labute approximate surface area is 138 Å². The van der Waals surface area contributed by atoms with Gasteiger partial charge in [-0.05, 0) is 28.8 Å². The molecule has 22 heavy (non-hydrogen) atoms. The molecule has 0 aliphatic carbocycles. The van der Waals surface area contributed by atoms with Crippen molar-refractivity contribution in [3.63, 3.8) is 0 Å². The van der Waals surface area contributed by atoms with Gasteiger partial charge in [-0.25, -0.2) is 0 Å². The standard InChI is InChI=1S/C16H16ClNO3S/c17-12-8-14-15(21-6-1-5-20-14)9-13(12)18-16(19)3-2-11-4-7-22-10-11/h4,7-10H,1-3,5-6H2,(H,18,19). The van der Waals surface area contributed by atoms with Crippen molar-refractivity contribution in [2.45, 2.75) is 19.3 Å². The number of fused-ring (bicyclic) bond motifs is 1. The average Bonchev–Trinajstić information content (AvgIpc) is 2.92. The highest BCUT2D eigenvalue weighted by atomic mass is 35.5. The van der Waals surface area contributed by atoms with Crippen molar-refractivity contribution in [1.29, 1.82) is 0 Å². The van der Waals surface area contributed by atoms with Crippen LogP contribution in [-0.4, -0.2) is 19.1 Å². The molecule has 1 aromatic heterocycles. The van der Waals surface area contributed by atoms with Crippen LogP contribution >= 0.6 is 22.9 Å². The van der Waals surface area contributed by atoms with E-state index in [9.17, 15) is 4.79 Å². The predicted molar refractivity (Wildman–Crippen MR) is 88.3 cm³/mol. The number of aryl methyl sites for hydroxylation is 1. The van der Waals surface area contributed by atoms with E-state index in [-0.39, 0.29) is 5.91 Å². The lowest BCUT2D eigenvalue weighted by Crippen LogP contribution is -2.12. The van der Waals surface area contributed by atoms with Crippen molar-refractivity contribution in [1.82, 2.24) is 0 Å². The maximum Gasteiger partial charge on any atom is 0.224 e. The second kappa shape index (κ2) is 7.03. The Kier molecular flexibility index (Phi) is 4.85. The van der Waals surface area contributed by atoms with Crippen molar-refractivity contribution < 1.29 is 14.3 Å². The molecular weight excluding hydrogens is 322 g/mol. The summed E-state index contributed by atoms with van der Waals surface area (Å²) in [7, 11) is 0. The number of nitrogens with one attached hydrogen (secondary N) is 1. The van der Waals surface area contributed by atoms with Crippen LogP contribution in [0.15, 0.2) is 29.0 Å². The smallest absolute Gasteiger partial charge is 0.224 e. The van der Waals surface area contributed by atoms with Gasteiger partial charge in [0.25, 0.3) is 0 Å². The topological polar surface area (TPSA) is 47.6 Å². The number of hydrogen-bond acceptors (Lipinski definition) is 4. The van der Waals surface area contributed by atoms with Gasteiger partial charge in [0.2, 0.25) is 5.91 Å². The molecule has 3 rings (SSSR count). The number of halogens is 1. The largest absolute Gasteiger partial charge is 0.490 e. The summed E-state index contributed by atoms with van der Waals surface area (Å²) in [6.45, 7) is 1.20. The Morgan fingerprint density at radius 1 is 1.27 bits per heavy atom. The van der Waals surface area contributed by atoms with Gasteiger partial charge in [-0.1, -0.05) is 11.6 Å². The third-order valence-corrected chi connectivity index (χ3v) is 4.38. The maximum absolute atomic E-state index is 12.1. The summed E-state index contributed by atoms with van der Waals surface area (Å²) in [5.74, 6) is 1.18. The Morgan fingerprint density at radius 2 is 2.05 bits per heavy atom. The van der Waals surface area contributed by atoms with Gasteiger partial charge >= 0.3 is 0 Å². The first-order valence-electron chi connectivity index (χ1n) is 7.12. The Balaban J connectivity index is 1.66. The van der Waals surface area contributed by atoms with Crippen LogP contribution in [0.1, 0.15) is 18.4 Å². The number of amides is 1. The molecule has 0 spiro atoms. The molecular formula is C16H16ClNO3S.